The lowest BCUT2D eigenvalue weighted by atomic mass is 10.0. The van der Waals surface area contributed by atoms with Crippen molar-refractivity contribution in [3.8, 4) is 11.1 Å². The van der Waals surface area contributed by atoms with Crippen LogP contribution in [0.2, 0.25) is 0 Å². The highest BCUT2D eigenvalue weighted by atomic mass is 19.1. The predicted molar refractivity (Wildman–Crippen MR) is 61.1 cm³/mol. The van der Waals surface area contributed by atoms with E-state index in [1.807, 2.05) is 0 Å². The molecule has 0 aromatic heterocycles. The van der Waals surface area contributed by atoms with Crippen molar-refractivity contribution in [2.45, 2.75) is 0 Å². The van der Waals surface area contributed by atoms with Crippen molar-refractivity contribution in [1.82, 2.24) is 0 Å². The molecule has 0 aliphatic rings. The Bertz CT molecular complexity index is 591. The van der Waals surface area contributed by atoms with Gasteiger partial charge in [0.05, 0.1) is 6.21 Å². The van der Waals surface area contributed by atoms with Gasteiger partial charge >= 0.3 is 0 Å². The van der Waals surface area contributed by atoms with E-state index in [1.54, 1.807) is 0 Å². The smallest absolute Gasteiger partial charge is 0.131 e. The molecule has 0 aliphatic carbocycles. The molecule has 2 aromatic carbocycles. The summed E-state index contributed by atoms with van der Waals surface area (Å²) in [6.07, 6.45) is 1.05. The molecule has 92 valence electrons. The zero-order valence-electron chi connectivity index (χ0n) is 9.07. The van der Waals surface area contributed by atoms with E-state index in [0.717, 1.165) is 24.4 Å². The summed E-state index contributed by atoms with van der Waals surface area (Å²) in [5.41, 5.74) is 0.525. The second-order valence-corrected chi connectivity index (χ2v) is 3.64. The molecule has 0 heterocycles. The van der Waals surface area contributed by atoms with Crippen LogP contribution in [0.15, 0.2) is 41.6 Å². The van der Waals surface area contributed by atoms with Crippen molar-refractivity contribution in [2.24, 2.45) is 5.16 Å². The average Bonchev–Trinajstić information content (AvgIpc) is 2.28. The van der Waals surface area contributed by atoms with E-state index in [1.165, 1.54) is 12.1 Å². The molecule has 0 amide bonds. The fourth-order valence-electron chi connectivity index (χ4n) is 1.62. The van der Waals surface area contributed by atoms with Gasteiger partial charge in [-0.2, -0.15) is 0 Å². The van der Waals surface area contributed by atoms with Crippen molar-refractivity contribution in [2.75, 3.05) is 0 Å². The fraction of sp³-hybridized carbons (Fsp3) is 0. The molecular weight excluding hydrogens is 243 g/mol. The summed E-state index contributed by atoms with van der Waals surface area (Å²) < 4.78 is 39.8. The standard InChI is InChI=1S/C13H8F3NO/c14-10-4-9(5-11(15)6-10)12-2-1-8(7-17-18)3-13(12)16/h1-7,18H. The molecule has 0 spiro atoms. The molecule has 0 atom stereocenters. The maximum atomic E-state index is 13.7. The van der Waals surface area contributed by atoms with E-state index in [9.17, 15) is 13.2 Å². The monoisotopic (exact) mass is 251 g/mol. The van der Waals surface area contributed by atoms with E-state index in [2.05, 4.69) is 5.16 Å². The molecule has 0 aliphatic heterocycles. The second kappa shape index (κ2) is 4.91. The highest BCUT2D eigenvalue weighted by molar-refractivity contribution is 5.80. The van der Waals surface area contributed by atoms with Crippen LogP contribution in [0.3, 0.4) is 0 Å². The average molecular weight is 251 g/mol. The van der Waals surface area contributed by atoms with E-state index in [0.29, 0.717) is 11.6 Å². The molecule has 0 bridgehead atoms. The van der Waals surface area contributed by atoms with Gasteiger partial charge in [0.15, 0.2) is 0 Å². The van der Waals surface area contributed by atoms with Gasteiger partial charge < -0.3 is 5.21 Å². The highest BCUT2D eigenvalue weighted by Crippen LogP contribution is 2.25. The SMILES string of the molecule is ON=Cc1ccc(-c2cc(F)cc(F)c2)c(F)c1. The molecular formula is C13H8F3NO. The minimum Gasteiger partial charge on any atom is -0.411 e. The molecule has 0 fully saturated rings. The quantitative estimate of drug-likeness (QED) is 0.494. The zero-order valence-corrected chi connectivity index (χ0v) is 9.07. The molecule has 1 N–H and O–H groups in total. The Morgan fingerprint density at radius 3 is 2.17 bits per heavy atom. The lowest BCUT2D eigenvalue weighted by Gasteiger charge is -2.05. The fourth-order valence-corrected chi connectivity index (χ4v) is 1.62. The Balaban J connectivity index is 2.50. The Morgan fingerprint density at radius 2 is 1.61 bits per heavy atom. The molecule has 0 saturated carbocycles. The van der Waals surface area contributed by atoms with Gasteiger partial charge in [0.2, 0.25) is 0 Å². The van der Waals surface area contributed by atoms with Crippen LogP contribution >= 0.6 is 0 Å². The Labute approximate surface area is 101 Å². The number of hydrogen-bond donors (Lipinski definition) is 1. The number of hydrogen-bond acceptors (Lipinski definition) is 2. The topological polar surface area (TPSA) is 32.6 Å². The van der Waals surface area contributed by atoms with Gasteiger partial charge in [0.1, 0.15) is 17.5 Å². The van der Waals surface area contributed by atoms with Crippen LogP contribution in [0, 0.1) is 17.5 Å². The Hall–Kier alpha value is -2.30. The molecule has 0 saturated heterocycles. The summed E-state index contributed by atoms with van der Waals surface area (Å²) in [6.45, 7) is 0. The number of nitrogens with zero attached hydrogens (tertiary/aromatic N) is 1. The van der Waals surface area contributed by atoms with Gasteiger partial charge in [-0.1, -0.05) is 17.3 Å². The normalized spacial score (nSPS) is 11.1. The number of halogens is 3. The van der Waals surface area contributed by atoms with Crippen molar-refractivity contribution in [3.05, 3.63) is 59.4 Å². The van der Waals surface area contributed by atoms with Crippen molar-refractivity contribution < 1.29 is 18.4 Å². The van der Waals surface area contributed by atoms with Gasteiger partial charge in [0, 0.05) is 11.6 Å². The third kappa shape index (κ3) is 2.51. The van der Waals surface area contributed by atoms with Crippen LogP contribution in [0.4, 0.5) is 13.2 Å². The molecule has 2 aromatic rings. The van der Waals surface area contributed by atoms with Crippen molar-refractivity contribution >= 4 is 6.21 Å². The first-order valence-corrected chi connectivity index (χ1v) is 5.03. The van der Waals surface area contributed by atoms with Gasteiger partial charge in [0.25, 0.3) is 0 Å². The maximum Gasteiger partial charge on any atom is 0.131 e. The summed E-state index contributed by atoms with van der Waals surface area (Å²) in [6, 6.07) is 6.75. The summed E-state index contributed by atoms with van der Waals surface area (Å²) in [4.78, 5) is 0. The van der Waals surface area contributed by atoms with Gasteiger partial charge in [-0.3, -0.25) is 0 Å². The zero-order chi connectivity index (χ0) is 13.1. The molecule has 5 heteroatoms. The minimum absolute atomic E-state index is 0.0727. The molecule has 0 radical (unpaired) electrons. The largest absolute Gasteiger partial charge is 0.411 e. The summed E-state index contributed by atoms with van der Waals surface area (Å²) in [5, 5.41) is 11.1. The first-order valence-electron chi connectivity index (χ1n) is 5.03. The predicted octanol–water partition coefficient (Wildman–Crippen LogP) is 3.58. The van der Waals surface area contributed by atoms with E-state index < -0.39 is 17.5 Å². The minimum atomic E-state index is -0.773. The van der Waals surface area contributed by atoms with Crippen LogP contribution in [0.5, 0.6) is 0 Å². The highest BCUT2D eigenvalue weighted by Gasteiger charge is 2.08. The van der Waals surface area contributed by atoms with E-state index in [4.69, 9.17) is 5.21 Å². The maximum absolute atomic E-state index is 13.7. The number of rotatable bonds is 2. The number of benzene rings is 2. The molecule has 2 rings (SSSR count). The van der Waals surface area contributed by atoms with Crippen LogP contribution < -0.4 is 0 Å². The summed E-state index contributed by atoms with van der Waals surface area (Å²) in [5.74, 6) is -2.20. The van der Waals surface area contributed by atoms with Crippen molar-refractivity contribution in [1.29, 1.82) is 0 Å². The first kappa shape index (κ1) is 12.2. The van der Waals surface area contributed by atoms with Crippen molar-refractivity contribution in [3.63, 3.8) is 0 Å². The van der Waals surface area contributed by atoms with Crippen LogP contribution in [0.1, 0.15) is 5.56 Å². The third-order valence-electron chi connectivity index (χ3n) is 2.37. The molecule has 0 unspecified atom stereocenters. The summed E-state index contributed by atoms with van der Waals surface area (Å²) in [7, 11) is 0. The van der Waals surface area contributed by atoms with E-state index >= 15 is 0 Å². The van der Waals surface area contributed by atoms with Crippen LogP contribution in [-0.2, 0) is 0 Å². The van der Waals surface area contributed by atoms with Crippen LogP contribution in [-0.4, -0.2) is 11.4 Å². The van der Waals surface area contributed by atoms with Gasteiger partial charge in [-0.15, -0.1) is 0 Å². The Morgan fingerprint density at radius 1 is 0.944 bits per heavy atom. The lowest BCUT2D eigenvalue weighted by Crippen LogP contribution is -1.90. The number of oxime groups is 1. The third-order valence-corrected chi connectivity index (χ3v) is 2.37. The summed E-state index contributed by atoms with van der Waals surface area (Å²) >= 11 is 0. The van der Waals surface area contributed by atoms with E-state index in [-0.39, 0.29) is 11.1 Å². The molecule has 18 heavy (non-hydrogen) atoms. The first-order chi connectivity index (χ1) is 8.60. The second-order valence-electron chi connectivity index (χ2n) is 3.64. The van der Waals surface area contributed by atoms with Gasteiger partial charge in [-0.25, -0.2) is 13.2 Å². The van der Waals surface area contributed by atoms with Gasteiger partial charge in [-0.05, 0) is 29.3 Å². The lowest BCUT2D eigenvalue weighted by molar-refractivity contribution is 0.322. The Kier molecular flexibility index (Phi) is 3.32. The van der Waals surface area contributed by atoms with Crippen LogP contribution in [0.25, 0.3) is 11.1 Å². The molecule has 2 nitrogen and oxygen atoms in total.